The fourth-order valence-electron chi connectivity index (χ4n) is 8.20. The van der Waals surface area contributed by atoms with Gasteiger partial charge in [-0.25, -0.2) is 0 Å². The number of hydrogen-bond acceptors (Lipinski definition) is 4. The summed E-state index contributed by atoms with van der Waals surface area (Å²) in [6, 6.07) is 0. The summed E-state index contributed by atoms with van der Waals surface area (Å²) in [7, 11) is 0. The van der Waals surface area contributed by atoms with Crippen LogP contribution in [0.25, 0.3) is 0 Å². The van der Waals surface area contributed by atoms with Crippen LogP contribution >= 0.6 is 0 Å². The predicted molar refractivity (Wildman–Crippen MR) is 110 cm³/mol. The first kappa shape index (κ1) is 25.1. The van der Waals surface area contributed by atoms with Gasteiger partial charge in [-0.15, -0.1) is 0 Å². The molecule has 4 aliphatic rings. The molecule has 0 aromatic heterocycles. The van der Waals surface area contributed by atoms with Gasteiger partial charge in [-0.2, -0.15) is 0 Å². The minimum Gasteiger partial charge on any atom is -0.550 e. The summed E-state index contributed by atoms with van der Waals surface area (Å²) in [5, 5.41) is 22.7. The van der Waals surface area contributed by atoms with Crippen LogP contribution in [0.15, 0.2) is 11.6 Å². The summed E-state index contributed by atoms with van der Waals surface area (Å²) in [4.78, 5) is 23.3. The van der Waals surface area contributed by atoms with Crippen molar-refractivity contribution in [2.24, 2.45) is 34.5 Å². The second kappa shape index (κ2) is 9.02. The van der Waals surface area contributed by atoms with Crippen molar-refractivity contribution in [3.8, 4) is 0 Å². The number of aliphatic carboxylic acids is 1. The number of carboxylic acid groups (broad SMARTS) is 1. The van der Waals surface area contributed by atoms with Crippen molar-refractivity contribution in [3.63, 3.8) is 0 Å². The van der Waals surface area contributed by atoms with Gasteiger partial charge in [-0.1, -0.05) is 39.2 Å². The van der Waals surface area contributed by atoms with E-state index in [-0.39, 0.29) is 68.6 Å². The van der Waals surface area contributed by atoms with Gasteiger partial charge in [0.15, 0.2) is 5.78 Å². The Balaban J connectivity index is 0.00000256. The molecule has 5 heteroatoms. The van der Waals surface area contributed by atoms with Gasteiger partial charge in [0.2, 0.25) is 0 Å². The van der Waals surface area contributed by atoms with Crippen molar-refractivity contribution in [1.82, 2.24) is 0 Å². The molecule has 0 aromatic rings. The first-order valence-corrected chi connectivity index (χ1v) is 11.8. The summed E-state index contributed by atoms with van der Waals surface area (Å²) in [5.41, 5.74) is 0.411. The monoisotopic (exact) mass is 440 g/mol. The third-order valence-corrected chi connectivity index (χ3v) is 9.86. The van der Waals surface area contributed by atoms with Crippen LogP contribution in [0.2, 0.25) is 0 Å². The third kappa shape index (κ3) is 3.88. The largest absolute Gasteiger partial charge is 1.00 e. The van der Waals surface area contributed by atoms with Gasteiger partial charge >= 0.3 is 51.4 Å². The molecule has 0 spiro atoms. The molecule has 0 radical (unpaired) electrons. The predicted octanol–water partition coefficient (Wildman–Crippen LogP) is 0.810. The summed E-state index contributed by atoms with van der Waals surface area (Å²) >= 11 is 0. The van der Waals surface area contributed by atoms with Crippen LogP contribution in [0, 0.1) is 34.5 Å². The Bertz CT molecular complexity index is 733. The van der Waals surface area contributed by atoms with E-state index in [0.29, 0.717) is 48.7 Å². The van der Waals surface area contributed by atoms with Crippen molar-refractivity contribution in [1.29, 1.82) is 0 Å². The molecule has 4 nitrogen and oxygen atoms in total. The number of allylic oxidation sites excluding steroid dienone is 1. The summed E-state index contributed by atoms with van der Waals surface area (Å²) in [6.07, 6.45) is 10.9. The molecule has 30 heavy (non-hydrogen) atoms. The zero-order valence-corrected chi connectivity index (χ0v) is 22.5. The van der Waals surface area contributed by atoms with E-state index in [9.17, 15) is 19.8 Å². The molecule has 3 fully saturated rings. The Morgan fingerprint density at radius 1 is 1.20 bits per heavy atom. The van der Waals surface area contributed by atoms with Crippen molar-refractivity contribution in [2.75, 3.05) is 0 Å². The normalized spacial score (nSPS) is 44.9. The summed E-state index contributed by atoms with van der Waals surface area (Å²) in [6.45, 7) is 6.87. The molecule has 1 N–H and O–H groups in total. The second-order valence-corrected chi connectivity index (χ2v) is 11.0. The van der Waals surface area contributed by atoms with E-state index in [1.165, 1.54) is 12.0 Å². The number of carboxylic acids is 1. The molecular formula is C25H37KO4. The Morgan fingerprint density at radius 3 is 2.57 bits per heavy atom. The molecule has 0 aliphatic heterocycles. The smallest absolute Gasteiger partial charge is 0.550 e. The van der Waals surface area contributed by atoms with Gasteiger partial charge in [0.05, 0.1) is 5.60 Å². The maximum atomic E-state index is 12.2. The molecular weight excluding hydrogens is 403 g/mol. The molecule has 3 saturated carbocycles. The maximum Gasteiger partial charge on any atom is 1.00 e. The second-order valence-electron chi connectivity index (χ2n) is 11.0. The molecule has 7 atom stereocenters. The van der Waals surface area contributed by atoms with E-state index in [1.807, 2.05) is 6.08 Å². The van der Waals surface area contributed by atoms with Crippen molar-refractivity contribution >= 4 is 11.8 Å². The van der Waals surface area contributed by atoms with Gasteiger partial charge in [0.25, 0.3) is 0 Å². The molecule has 0 heterocycles. The number of carbonyl (C=O) groups is 2. The van der Waals surface area contributed by atoms with Crippen LogP contribution in [0.1, 0.15) is 91.4 Å². The number of hydrogen-bond donors (Lipinski definition) is 1. The number of aliphatic hydroxyl groups is 1. The molecule has 0 saturated heterocycles. The van der Waals surface area contributed by atoms with Crippen LogP contribution in [0.3, 0.4) is 0 Å². The van der Waals surface area contributed by atoms with Crippen molar-refractivity contribution in [3.05, 3.63) is 11.6 Å². The Labute approximate surface area is 224 Å². The number of rotatable bonds is 5. The molecule has 4 unspecified atom stereocenters. The van der Waals surface area contributed by atoms with Gasteiger partial charge in [0.1, 0.15) is 0 Å². The van der Waals surface area contributed by atoms with E-state index in [1.54, 1.807) is 0 Å². The van der Waals surface area contributed by atoms with E-state index in [4.69, 9.17) is 0 Å². The minimum absolute atomic E-state index is 0. The zero-order chi connectivity index (χ0) is 21.0. The van der Waals surface area contributed by atoms with E-state index in [0.717, 1.165) is 38.5 Å². The standard InChI is InChI=1S/C25H38O4.K/c1-4-5-16-14-17-15-18(26)6-10-23(17,2)19-7-11-24(3)20(22(16)19)8-12-25(24,29)13-9-21(27)28;/h15-16,19-20,22,29H,4-14H2,1-3H3,(H,27,28);/q;+1/p-1/t16?,19?,20?,22?,23-,24-,25+;/m0./s1. The topological polar surface area (TPSA) is 77.4 Å². The van der Waals surface area contributed by atoms with E-state index in [2.05, 4.69) is 20.8 Å². The molecule has 0 amide bonds. The van der Waals surface area contributed by atoms with E-state index < -0.39 is 11.6 Å². The molecule has 0 bridgehead atoms. The Hall–Kier alpha value is 0.476. The molecule has 4 aliphatic carbocycles. The maximum absolute atomic E-state index is 12.2. The van der Waals surface area contributed by atoms with Crippen molar-refractivity contribution in [2.45, 2.75) is 97.0 Å². The van der Waals surface area contributed by atoms with Gasteiger partial charge in [-0.05, 0) is 91.9 Å². The summed E-state index contributed by atoms with van der Waals surface area (Å²) < 4.78 is 0. The number of fused-ring (bicyclic) bond motifs is 5. The SMILES string of the molecule is CCCC1CC2=CC(=O)CC[C@]2(C)C2CC[C@@]3(C)C(CC[C@@]3(O)CCC(=O)[O-])C12.[K+]. The van der Waals surface area contributed by atoms with Crippen molar-refractivity contribution < 1.29 is 71.2 Å². The van der Waals surface area contributed by atoms with Gasteiger partial charge < -0.3 is 15.0 Å². The van der Waals surface area contributed by atoms with Gasteiger partial charge in [0, 0.05) is 12.4 Å². The van der Waals surface area contributed by atoms with Gasteiger partial charge in [-0.3, -0.25) is 4.79 Å². The Morgan fingerprint density at radius 2 is 1.90 bits per heavy atom. The fourth-order valence-corrected chi connectivity index (χ4v) is 8.20. The first-order valence-electron chi connectivity index (χ1n) is 11.8. The van der Waals surface area contributed by atoms with E-state index >= 15 is 0 Å². The number of carbonyl (C=O) groups excluding carboxylic acids is 2. The van der Waals surface area contributed by atoms with Crippen LogP contribution < -0.4 is 56.5 Å². The quantitative estimate of drug-likeness (QED) is 0.642. The Kier molecular flexibility index (Phi) is 7.55. The molecule has 162 valence electrons. The average Bonchev–Trinajstić information content (AvgIpc) is 2.93. The summed E-state index contributed by atoms with van der Waals surface area (Å²) in [5.74, 6) is 1.40. The zero-order valence-electron chi connectivity index (χ0n) is 19.3. The third-order valence-electron chi connectivity index (χ3n) is 9.86. The van der Waals surface area contributed by atoms with Crippen LogP contribution in [-0.2, 0) is 9.59 Å². The van der Waals surface area contributed by atoms with Crippen LogP contribution in [0.4, 0.5) is 0 Å². The van der Waals surface area contributed by atoms with Crippen LogP contribution in [0.5, 0.6) is 0 Å². The first-order chi connectivity index (χ1) is 13.6. The minimum atomic E-state index is -1.06. The fraction of sp³-hybridized carbons (Fsp3) is 0.840. The average molecular weight is 441 g/mol. The number of ketones is 1. The van der Waals surface area contributed by atoms with Crippen LogP contribution in [-0.4, -0.2) is 22.5 Å². The molecule has 0 aromatic carbocycles. The molecule has 4 rings (SSSR count).